The summed E-state index contributed by atoms with van der Waals surface area (Å²) in [6.07, 6.45) is 10.2. The van der Waals surface area contributed by atoms with Gasteiger partial charge >= 0.3 is 5.97 Å². The van der Waals surface area contributed by atoms with Gasteiger partial charge in [-0.25, -0.2) is 4.79 Å². The Bertz CT molecular complexity index is 331. The number of rotatable bonds is 9. The highest BCUT2D eigenvalue weighted by molar-refractivity contribution is 7.13. The van der Waals surface area contributed by atoms with Gasteiger partial charge in [-0.2, -0.15) is 0 Å². The van der Waals surface area contributed by atoms with Crippen LogP contribution in [0, 0.1) is 0 Å². The average Bonchev–Trinajstić information content (AvgIpc) is 2.77. The second-order valence-corrected chi connectivity index (χ2v) is 5.61. The van der Waals surface area contributed by atoms with Gasteiger partial charge in [0.15, 0.2) is 0 Å². The van der Waals surface area contributed by atoms with E-state index in [1.165, 1.54) is 61.2 Å². The lowest BCUT2D eigenvalue weighted by Gasteiger charge is -1.99. The SMILES string of the molecule is CCCCCCCCCc1ccc(C(=O)O)s1. The van der Waals surface area contributed by atoms with E-state index in [4.69, 9.17) is 5.11 Å². The largest absolute Gasteiger partial charge is 0.477 e. The molecule has 96 valence electrons. The highest BCUT2D eigenvalue weighted by Gasteiger charge is 2.06. The summed E-state index contributed by atoms with van der Waals surface area (Å²) >= 11 is 1.41. The second kappa shape index (κ2) is 8.29. The molecular weight excluding hydrogens is 232 g/mol. The van der Waals surface area contributed by atoms with E-state index < -0.39 is 5.97 Å². The molecule has 0 aliphatic heterocycles. The van der Waals surface area contributed by atoms with Crippen molar-refractivity contribution in [3.8, 4) is 0 Å². The molecule has 0 aliphatic carbocycles. The number of hydrogen-bond acceptors (Lipinski definition) is 2. The molecule has 1 N–H and O–H groups in total. The minimum atomic E-state index is -0.805. The molecule has 0 spiro atoms. The van der Waals surface area contributed by atoms with Crippen LogP contribution in [0.5, 0.6) is 0 Å². The van der Waals surface area contributed by atoms with Gasteiger partial charge < -0.3 is 5.11 Å². The number of carboxylic acid groups (broad SMARTS) is 1. The Balaban J connectivity index is 2.07. The fourth-order valence-electron chi connectivity index (χ4n) is 1.88. The maximum absolute atomic E-state index is 10.7. The van der Waals surface area contributed by atoms with Crippen LogP contribution in [0.25, 0.3) is 0 Å². The first kappa shape index (κ1) is 14.2. The first-order valence-corrected chi connectivity index (χ1v) is 7.37. The molecule has 1 heterocycles. The van der Waals surface area contributed by atoms with E-state index in [0.29, 0.717) is 4.88 Å². The van der Waals surface area contributed by atoms with Crippen molar-refractivity contribution in [3.05, 3.63) is 21.9 Å². The van der Waals surface area contributed by atoms with Crippen molar-refractivity contribution in [2.75, 3.05) is 0 Å². The molecule has 1 aromatic heterocycles. The van der Waals surface area contributed by atoms with E-state index in [1.807, 2.05) is 6.07 Å². The molecule has 0 bridgehead atoms. The van der Waals surface area contributed by atoms with Crippen LogP contribution in [0.15, 0.2) is 12.1 Å². The molecule has 2 nitrogen and oxygen atoms in total. The quantitative estimate of drug-likeness (QED) is 0.646. The van der Waals surface area contributed by atoms with Gasteiger partial charge in [-0.1, -0.05) is 45.4 Å². The monoisotopic (exact) mass is 254 g/mol. The summed E-state index contributed by atoms with van der Waals surface area (Å²) in [4.78, 5) is 12.4. The second-order valence-electron chi connectivity index (χ2n) is 4.44. The van der Waals surface area contributed by atoms with Crippen LogP contribution < -0.4 is 0 Å². The van der Waals surface area contributed by atoms with Gasteiger partial charge in [-0.15, -0.1) is 11.3 Å². The van der Waals surface area contributed by atoms with Gasteiger partial charge in [-0.05, 0) is 25.0 Å². The Hall–Kier alpha value is -0.830. The Kier molecular flexibility index (Phi) is 6.94. The van der Waals surface area contributed by atoms with Crippen molar-refractivity contribution in [2.24, 2.45) is 0 Å². The van der Waals surface area contributed by atoms with Crippen molar-refractivity contribution in [2.45, 2.75) is 58.3 Å². The molecule has 0 radical (unpaired) electrons. The molecule has 1 rings (SSSR count). The number of unbranched alkanes of at least 4 members (excludes halogenated alkanes) is 6. The van der Waals surface area contributed by atoms with E-state index in [1.54, 1.807) is 6.07 Å². The van der Waals surface area contributed by atoms with Gasteiger partial charge in [0.1, 0.15) is 4.88 Å². The fourth-order valence-corrected chi connectivity index (χ4v) is 2.77. The molecule has 17 heavy (non-hydrogen) atoms. The van der Waals surface area contributed by atoms with E-state index in [0.717, 1.165) is 6.42 Å². The van der Waals surface area contributed by atoms with Crippen molar-refractivity contribution in [3.63, 3.8) is 0 Å². The highest BCUT2D eigenvalue weighted by atomic mass is 32.1. The lowest BCUT2D eigenvalue weighted by atomic mass is 10.1. The lowest BCUT2D eigenvalue weighted by molar-refractivity contribution is 0.0702. The maximum atomic E-state index is 10.7. The molecule has 1 aromatic rings. The van der Waals surface area contributed by atoms with Crippen LogP contribution >= 0.6 is 11.3 Å². The van der Waals surface area contributed by atoms with Gasteiger partial charge in [-0.3, -0.25) is 0 Å². The summed E-state index contributed by atoms with van der Waals surface area (Å²) in [5.74, 6) is -0.805. The molecule has 0 unspecified atom stereocenters. The molecule has 0 saturated carbocycles. The normalized spacial score (nSPS) is 10.6. The Labute approximate surface area is 108 Å². The highest BCUT2D eigenvalue weighted by Crippen LogP contribution is 2.19. The Morgan fingerprint density at radius 1 is 1.12 bits per heavy atom. The molecule has 0 saturated heterocycles. The third-order valence-corrected chi connectivity index (χ3v) is 4.03. The molecule has 0 atom stereocenters. The van der Waals surface area contributed by atoms with Crippen LogP contribution in [-0.2, 0) is 6.42 Å². The van der Waals surface area contributed by atoms with Crippen molar-refractivity contribution >= 4 is 17.3 Å². The number of thiophene rings is 1. The first-order valence-electron chi connectivity index (χ1n) is 6.56. The van der Waals surface area contributed by atoms with Crippen LogP contribution in [0.4, 0.5) is 0 Å². The molecule has 3 heteroatoms. The van der Waals surface area contributed by atoms with Crippen LogP contribution in [0.1, 0.15) is 66.4 Å². The predicted molar refractivity (Wildman–Crippen MR) is 73.0 cm³/mol. The summed E-state index contributed by atoms with van der Waals surface area (Å²) in [6, 6.07) is 3.66. The summed E-state index contributed by atoms with van der Waals surface area (Å²) in [7, 11) is 0. The Morgan fingerprint density at radius 3 is 2.35 bits per heavy atom. The smallest absolute Gasteiger partial charge is 0.345 e. The van der Waals surface area contributed by atoms with Crippen LogP contribution in [0.3, 0.4) is 0 Å². The van der Waals surface area contributed by atoms with E-state index in [2.05, 4.69) is 6.92 Å². The van der Waals surface area contributed by atoms with Gasteiger partial charge in [0.05, 0.1) is 0 Å². The van der Waals surface area contributed by atoms with E-state index >= 15 is 0 Å². The van der Waals surface area contributed by atoms with Crippen molar-refractivity contribution in [1.29, 1.82) is 0 Å². The topological polar surface area (TPSA) is 37.3 Å². The first-order chi connectivity index (χ1) is 8.24. The number of carboxylic acids is 1. The summed E-state index contributed by atoms with van der Waals surface area (Å²) in [5, 5.41) is 8.80. The minimum Gasteiger partial charge on any atom is -0.477 e. The predicted octanol–water partition coefficient (Wildman–Crippen LogP) is 4.74. The lowest BCUT2D eigenvalue weighted by Crippen LogP contribution is -1.89. The number of aromatic carboxylic acids is 1. The summed E-state index contributed by atoms with van der Waals surface area (Å²) in [6.45, 7) is 2.23. The average molecular weight is 254 g/mol. The summed E-state index contributed by atoms with van der Waals surface area (Å²) < 4.78 is 0. The molecule has 0 fully saturated rings. The third-order valence-electron chi connectivity index (χ3n) is 2.90. The van der Waals surface area contributed by atoms with Crippen LogP contribution in [-0.4, -0.2) is 11.1 Å². The van der Waals surface area contributed by atoms with Crippen molar-refractivity contribution < 1.29 is 9.90 Å². The van der Waals surface area contributed by atoms with Gasteiger partial charge in [0, 0.05) is 4.88 Å². The van der Waals surface area contributed by atoms with Crippen molar-refractivity contribution in [1.82, 2.24) is 0 Å². The fraction of sp³-hybridized carbons (Fsp3) is 0.643. The van der Waals surface area contributed by atoms with E-state index in [-0.39, 0.29) is 0 Å². The number of carbonyl (C=O) groups is 1. The standard InChI is InChI=1S/C14H22O2S/c1-2-3-4-5-6-7-8-9-12-10-11-13(17-12)14(15)16/h10-11H,2-9H2,1H3,(H,15,16). The van der Waals surface area contributed by atoms with Crippen LogP contribution in [0.2, 0.25) is 0 Å². The number of hydrogen-bond donors (Lipinski definition) is 1. The maximum Gasteiger partial charge on any atom is 0.345 e. The molecule has 0 aliphatic rings. The molecule has 0 aromatic carbocycles. The van der Waals surface area contributed by atoms with E-state index in [9.17, 15) is 4.79 Å². The summed E-state index contributed by atoms with van der Waals surface area (Å²) in [5.41, 5.74) is 0. The number of aryl methyl sites for hydroxylation is 1. The Morgan fingerprint density at radius 2 is 1.76 bits per heavy atom. The zero-order chi connectivity index (χ0) is 12.5. The zero-order valence-electron chi connectivity index (χ0n) is 10.6. The zero-order valence-corrected chi connectivity index (χ0v) is 11.4. The van der Waals surface area contributed by atoms with Gasteiger partial charge in [0.25, 0.3) is 0 Å². The molecular formula is C14H22O2S. The molecule has 0 amide bonds. The third kappa shape index (κ3) is 5.87. The minimum absolute atomic E-state index is 0.461. The van der Waals surface area contributed by atoms with Gasteiger partial charge in [0.2, 0.25) is 0 Å².